The molecule has 0 bridgehead atoms. The maximum Gasteiger partial charge on any atom is 0.408 e. The molecule has 0 aliphatic heterocycles. The molecule has 0 aliphatic carbocycles. The van der Waals surface area contributed by atoms with Gasteiger partial charge in [-0.3, -0.25) is 0 Å². The first-order chi connectivity index (χ1) is 8.45. The Kier molecular flexibility index (Phi) is 3.11. The quantitative estimate of drug-likeness (QED) is 0.660. The van der Waals surface area contributed by atoms with Crippen LogP contribution in [0.2, 0.25) is 5.02 Å². The minimum Gasteiger partial charge on any atom is -0.384 e. The number of nitrogen functional groups attached to an aromatic ring is 1. The summed E-state index contributed by atoms with van der Waals surface area (Å²) in [6.45, 7) is 1.94. The Hall–Kier alpha value is -2.22. The van der Waals surface area contributed by atoms with Crippen molar-refractivity contribution in [1.82, 2.24) is 19.7 Å². The second-order valence-corrected chi connectivity index (χ2v) is 4.01. The Morgan fingerprint density at radius 2 is 2.28 bits per heavy atom. The monoisotopic (exact) mass is 268 g/mol. The molecule has 9 heteroatoms. The summed E-state index contributed by atoms with van der Waals surface area (Å²) < 4.78 is 1.30. The van der Waals surface area contributed by atoms with Gasteiger partial charge in [-0.15, -0.1) is 0 Å². The molecule has 0 amide bonds. The van der Waals surface area contributed by atoms with Gasteiger partial charge in [0.1, 0.15) is 12.4 Å². The number of anilines is 1. The van der Waals surface area contributed by atoms with E-state index >= 15 is 0 Å². The van der Waals surface area contributed by atoms with Crippen molar-refractivity contribution >= 4 is 23.2 Å². The van der Waals surface area contributed by atoms with Crippen LogP contribution in [0.3, 0.4) is 0 Å². The van der Waals surface area contributed by atoms with Gasteiger partial charge in [-0.1, -0.05) is 11.6 Å². The third-order valence-electron chi connectivity index (χ3n) is 2.10. The summed E-state index contributed by atoms with van der Waals surface area (Å²) in [5.41, 5.74) is 6.29. The Bertz CT molecular complexity index is 591. The average Bonchev–Trinajstić information content (AvgIpc) is 2.57. The minimum absolute atomic E-state index is 0.0272. The lowest BCUT2D eigenvalue weighted by atomic mass is 10.4. The third kappa shape index (κ3) is 2.54. The Balaban J connectivity index is 2.28. The summed E-state index contributed by atoms with van der Waals surface area (Å²) in [6, 6.07) is 1.63. The van der Waals surface area contributed by atoms with Crippen LogP contribution in [0.15, 0.2) is 12.3 Å². The second kappa shape index (κ2) is 4.57. The average molecular weight is 269 g/mol. The molecule has 0 saturated heterocycles. The van der Waals surface area contributed by atoms with Crippen LogP contribution in [0.25, 0.3) is 0 Å². The largest absolute Gasteiger partial charge is 0.408 e. The summed E-state index contributed by atoms with van der Waals surface area (Å²) in [4.78, 5) is 18.1. The van der Waals surface area contributed by atoms with Gasteiger partial charge in [0.2, 0.25) is 0 Å². The predicted molar refractivity (Wildman–Crippen MR) is 64.2 cm³/mol. The van der Waals surface area contributed by atoms with Crippen molar-refractivity contribution in [2.24, 2.45) is 0 Å². The van der Waals surface area contributed by atoms with E-state index in [-0.39, 0.29) is 11.6 Å². The van der Waals surface area contributed by atoms with E-state index in [9.17, 15) is 10.1 Å². The molecular weight excluding hydrogens is 260 g/mol. The highest BCUT2D eigenvalue weighted by Crippen LogP contribution is 2.21. The molecule has 2 aromatic heterocycles. The fourth-order valence-corrected chi connectivity index (χ4v) is 1.68. The summed E-state index contributed by atoms with van der Waals surface area (Å²) in [5, 5.41) is 14.3. The summed E-state index contributed by atoms with van der Waals surface area (Å²) in [6.07, 6.45) is 1.35. The number of aromatic nitrogens is 4. The van der Waals surface area contributed by atoms with Crippen molar-refractivity contribution in [2.45, 2.75) is 13.5 Å². The van der Waals surface area contributed by atoms with Gasteiger partial charge in [-0.2, -0.15) is 4.68 Å². The molecule has 0 atom stereocenters. The molecular formula is C9H9ClN6O2. The van der Waals surface area contributed by atoms with E-state index < -0.39 is 10.7 Å². The maximum atomic E-state index is 10.6. The van der Waals surface area contributed by atoms with Gasteiger partial charge >= 0.3 is 5.82 Å². The molecule has 2 rings (SSSR count). The minimum atomic E-state index is -0.649. The normalized spacial score (nSPS) is 10.6. The summed E-state index contributed by atoms with van der Waals surface area (Å²) in [7, 11) is 0. The molecule has 94 valence electrons. The van der Waals surface area contributed by atoms with Gasteiger partial charge in [0, 0.05) is 11.8 Å². The van der Waals surface area contributed by atoms with Gasteiger partial charge in [-0.05, 0) is 11.8 Å². The van der Waals surface area contributed by atoms with Crippen LogP contribution in [0.5, 0.6) is 0 Å². The lowest BCUT2D eigenvalue weighted by Gasteiger charge is -2.00. The van der Waals surface area contributed by atoms with Crippen LogP contribution < -0.4 is 5.73 Å². The van der Waals surface area contributed by atoms with E-state index in [4.69, 9.17) is 17.3 Å². The van der Waals surface area contributed by atoms with Crippen LogP contribution in [-0.2, 0) is 6.54 Å². The van der Waals surface area contributed by atoms with Crippen molar-refractivity contribution in [3.63, 3.8) is 0 Å². The summed E-state index contributed by atoms with van der Waals surface area (Å²) >= 11 is 5.68. The fourth-order valence-electron chi connectivity index (χ4n) is 1.46. The molecule has 0 fully saturated rings. The van der Waals surface area contributed by atoms with Crippen LogP contribution in [0, 0.1) is 17.0 Å². The Labute approximate surface area is 107 Å². The molecule has 0 saturated carbocycles. The number of hydrogen-bond donors (Lipinski definition) is 1. The molecule has 2 heterocycles. The van der Waals surface area contributed by atoms with Crippen molar-refractivity contribution in [3.05, 3.63) is 38.9 Å². The fraction of sp³-hybridized carbons (Fsp3) is 0.222. The second-order valence-electron chi connectivity index (χ2n) is 3.61. The molecule has 8 nitrogen and oxygen atoms in total. The van der Waals surface area contributed by atoms with Crippen LogP contribution in [0.4, 0.5) is 11.6 Å². The molecule has 2 N–H and O–H groups in total. The number of rotatable bonds is 3. The molecule has 0 aromatic carbocycles. The summed E-state index contributed by atoms with van der Waals surface area (Å²) in [5.74, 6) is 0.365. The van der Waals surface area contributed by atoms with Crippen LogP contribution in [0.1, 0.15) is 11.5 Å². The topological polar surface area (TPSA) is 113 Å². The van der Waals surface area contributed by atoms with E-state index in [1.807, 2.05) is 0 Å². The molecule has 2 aromatic rings. The Morgan fingerprint density at radius 1 is 1.56 bits per heavy atom. The van der Waals surface area contributed by atoms with Crippen molar-refractivity contribution in [2.75, 3.05) is 5.73 Å². The maximum absolute atomic E-state index is 10.6. The van der Waals surface area contributed by atoms with Gasteiger partial charge in [-0.25, -0.2) is 9.97 Å². The number of hydrogen-bond acceptors (Lipinski definition) is 6. The lowest BCUT2D eigenvalue weighted by molar-refractivity contribution is -0.389. The zero-order valence-corrected chi connectivity index (χ0v) is 10.1. The van der Waals surface area contributed by atoms with Gasteiger partial charge in [0.05, 0.1) is 11.3 Å². The zero-order valence-electron chi connectivity index (χ0n) is 9.37. The molecule has 0 spiro atoms. The number of aryl methyl sites for hydroxylation is 1. The number of halogens is 1. The number of nitro groups is 1. The number of nitrogens with zero attached hydrogens (tertiary/aromatic N) is 5. The van der Waals surface area contributed by atoms with E-state index in [1.165, 1.54) is 10.9 Å². The van der Waals surface area contributed by atoms with Gasteiger partial charge in [0.15, 0.2) is 10.8 Å². The third-order valence-corrected chi connectivity index (χ3v) is 2.36. The number of nitrogens with two attached hydrogens (primary N) is 1. The molecule has 0 unspecified atom stereocenters. The standard InChI is InChI=1S/C9H9ClN6O2/c1-5-2-7(11)13-8(12-5)4-15-3-6(10)9(14-15)16(17)18/h2-3H,4H2,1H3,(H2,11,12,13). The van der Waals surface area contributed by atoms with E-state index in [0.29, 0.717) is 17.3 Å². The van der Waals surface area contributed by atoms with Crippen molar-refractivity contribution in [1.29, 1.82) is 0 Å². The smallest absolute Gasteiger partial charge is 0.384 e. The molecule has 0 aliphatic rings. The highest BCUT2D eigenvalue weighted by Gasteiger charge is 2.19. The first-order valence-electron chi connectivity index (χ1n) is 4.93. The van der Waals surface area contributed by atoms with Gasteiger partial charge < -0.3 is 15.8 Å². The van der Waals surface area contributed by atoms with E-state index in [2.05, 4.69) is 15.1 Å². The van der Waals surface area contributed by atoms with Crippen molar-refractivity contribution < 1.29 is 4.92 Å². The highest BCUT2D eigenvalue weighted by molar-refractivity contribution is 6.32. The van der Waals surface area contributed by atoms with Gasteiger partial charge in [0.25, 0.3) is 0 Å². The predicted octanol–water partition coefficient (Wildman–Crippen LogP) is 1.17. The van der Waals surface area contributed by atoms with Crippen LogP contribution in [-0.4, -0.2) is 24.7 Å². The van der Waals surface area contributed by atoms with Crippen molar-refractivity contribution in [3.8, 4) is 0 Å². The Morgan fingerprint density at radius 3 is 2.83 bits per heavy atom. The highest BCUT2D eigenvalue weighted by atomic mass is 35.5. The molecule has 18 heavy (non-hydrogen) atoms. The molecule has 0 radical (unpaired) electrons. The zero-order chi connectivity index (χ0) is 13.3. The lowest BCUT2D eigenvalue weighted by Crippen LogP contribution is -2.07. The first-order valence-corrected chi connectivity index (χ1v) is 5.31. The van der Waals surface area contributed by atoms with E-state index in [0.717, 1.165) is 0 Å². The SMILES string of the molecule is Cc1cc(N)nc(Cn2cc(Cl)c([N+](=O)[O-])n2)n1. The van der Waals surface area contributed by atoms with E-state index in [1.54, 1.807) is 13.0 Å². The first kappa shape index (κ1) is 12.2. The van der Waals surface area contributed by atoms with Crippen LogP contribution >= 0.6 is 11.6 Å².